The lowest BCUT2D eigenvalue weighted by atomic mass is 10.3. The van der Waals surface area contributed by atoms with Crippen molar-refractivity contribution in [3.05, 3.63) is 58.8 Å². The first-order valence-corrected chi connectivity index (χ1v) is 4.41. The summed E-state index contributed by atoms with van der Waals surface area (Å²) in [5, 5.41) is 0. The molecule has 0 aliphatic carbocycles. The fourth-order valence-electron chi connectivity index (χ4n) is 1.33. The number of nitrogen functional groups attached to an aromatic ring is 1. The van der Waals surface area contributed by atoms with Crippen molar-refractivity contribution in [1.29, 1.82) is 0 Å². The van der Waals surface area contributed by atoms with Gasteiger partial charge in [-0.2, -0.15) is 0 Å². The number of anilines is 1. The summed E-state index contributed by atoms with van der Waals surface area (Å²) in [7, 11) is 0. The fraction of sp³-hybridized carbons (Fsp3) is 0. The number of rotatable bonds is 1. The summed E-state index contributed by atoms with van der Waals surface area (Å²) in [6.07, 6.45) is 1.52. The van der Waals surface area contributed by atoms with Crippen LogP contribution in [-0.4, -0.2) is 4.57 Å². The molecule has 0 unspecified atom stereocenters. The van der Waals surface area contributed by atoms with E-state index in [-0.39, 0.29) is 11.4 Å². The van der Waals surface area contributed by atoms with Crippen LogP contribution in [-0.2, 0) is 0 Å². The van der Waals surface area contributed by atoms with Gasteiger partial charge < -0.3 is 5.73 Å². The summed E-state index contributed by atoms with van der Waals surface area (Å²) in [6, 6.07) is 8.70. The number of benzene rings is 1. The number of aromatic nitrogens is 1. The maximum absolute atomic E-state index is 12.9. The van der Waals surface area contributed by atoms with E-state index in [1.165, 1.54) is 29.0 Å². The minimum Gasteiger partial charge on any atom is -0.399 e. The first kappa shape index (κ1) is 9.45. The lowest BCUT2D eigenvalue weighted by Crippen LogP contribution is -2.16. The second kappa shape index (κ2) is 3.57. The van der Waals surface area contributed by atoms with Crippen LogP contribution >= 0.6 is 0 Å². The largest absolute Gasteiger partial charge is 0.399 e. The Kier molecular flexibility index (Phi) is 2.25. The summed E-state index contributed by atoms with van der Waals surface area (Å²) < 4.78 is 14.3. The number of hydrogen-bond donors (Lipinski definition) is 1. The molecule has 76 valence electrons. The van der Waals surface area contributed by atoms with Gasteiger partial charge in [-0.15, -0.1) is 0 Å². The average molecular weight is 204 g/mol. The lowest BCUT2D eigenvalue weighted by Gasteiger charge is -2.05. The lowest BCUT2D eigenvalue weighted by molar-refractivity contribution is 0.626. The Hall–Kier alpha value is -2.10. The van der Waals surface area contributed by atoms with Crippen molar-refractivity contribution in [2.75, 3.05) is 5.73 Å². The number of pyridine rings is 1. The molecule has 2 aromatic rings. The quantitative estimate of drug-likeness (QED) is 0.766. The highest BCUT2D eigenvalue weighted by atomic mass is 19.1. The minimum atomic E-state index is -0.378. The second-order valence-electron chi connectivity index (χ2n) is 3.15. The predicted molar refractivity (Wildman–Crippen MR) is 56.4 cm³/mol. The zero-order valence-electron chi connectivity index (χ0n) is 7.85. The molecule has 0 saturated heterocycles. The molecule has 0 saturated carbocycles. The van der Waals surface area contributed by atoms with Gasteiger partial charge in [-0.25, -0.2) is 4.39 Å². The molecule has 3 nitrogen and oxygen atoms in total. The van der Waals surface area contributed by atoms with Crippen molar-refractivity contribution in [2.45, 2.75) is 0 Å². The van der Waals surface area contributed by atoms with Gasteiger partial charge in [0.1, 0.15) is 5.82 Å². The third kappa shape index (κ3) is 1.88. The zero-order chi connectivity index (χ0) is 10.8. The van der Waals surface area contributed by atoms with Gasteiger partial charge in [0.2, 0.25) is 0 Å². The van der Waals surface area contributed by atoms with Crippen molar-refractivity contribution in [2.24, 2.45) is 0 Å². The first-order valence-electron chi connectivity index (χ1n) is 4.41. The number of nitrogens with two attached hydrogens (primary N) is 1. The molecule has 0 spiro atoms. The molecule has 2 rings (SSSR count). The predicted octanol–water partition coefficient (Wildman–Crippen LogP) is 1.56. The third-order valence-corrected chi connectivity index (χ3v) is 2.03. The Balaban J connectivity index is 2.59. The van der Waals surface area contributed by atoms with Crippen molar-refractivity contribution in [1.82, 2.24) is 4.57 Å². The highest BCUT2D eigenvalue weighted by molar-refractivity contribution is 5.39. The Morgan fingerprint density at radius 2 is 2.00 bits per heavy atom. The summed E-state index contributed by atoms with van der Waals surface area (Å²) in [5.74, 6) is -0.378. The van der Waals surface area contributed by atoms with E-state index in [1.54, 1.807) is 18.2 Å². The van der Waals surface area contributed by atoms with Crippen molar-refractivity contribution < 1.29 is 4.39 Å². The molecule has 0 atom stereocenters. The number of halogens is 1. The summed E-state index contributed by atoms with van der Waals surface area (Å²) in [4.78, 5) is 11.5. The van der Waals surface area contributed by atoms with E-state index >= 15 is 0 Å². The molecule has 1 aromatic heterocycles. The molecule has 1 aromatic carbocycles. The smallest absolute Gasteiger partial charge is 0.257 e. The van der Waals surface area contributed by atoms with Crippen LogP contribution in [0.15, 0.2) is 47.4 Å². The Morgan fingerprint density at radius 3 is 2.67 bits per heavy atom. The second-order valence-corrected chi connectivity index (χ2v) is 3.15. The highest BCUT2D eigenvalue weighted by Gasteiger charge is 2.00. The molecule has 15 heavy (non-hydrogen) atoms. The Bertz CT molecular complexity index is 548. The molecule has 0 aliphatic rings. The van der Waals surface area contributed by atoms with Gasteiger partial charge in [-0.05, 0) is 24.3 Å². The van der Waals surface area contributed by atoms with Gasteiger partial charge in [0.05, 0.1) is 5.69 Å². The Morgan fingerprint density at radius 1 is 1.20 bits per heavy atom. The van der Waals surface area contributed by atoms with Crippen LogP contribution in [0.25, 0.3) is 5.69 Å². The monoisotopic (exact) mass is 204 g/mol. The molecule has 1 heterocycles. The molecule has 0 aliphatic heterocycles. The topological polar surface area (TPSA) is 48.0 Å². The molecule has 0 fully saturated rings. The van der Waals surface area contributed by atoms with Gasteiger partial charge in [0.25, 0.3) is 5.56 Å². The third-order valence-electron chi connectivity index (χ3n) is 2.03. The minimum absolute atomic E-state index is 0.277. The van der Waals surface area contributed by atoms with E-state index in [0.717, 1.165) is 0 Å². The van der Waals surface area contributed by atoms with Gasteiger partial charge in [0.15, 0.2) is 0 Å². The van der Waals surface area contributed by atoms with Crippen LogP contribution in [0, 0.1) is 5.82 Å². The van der Waals surface area contributed by atoms with E-state index < -0.39 is 0 Å². The maximum atomic E-state index is 12.9. The van der Waals surface area contributed by atoms with Crippen molar-refractivity contribution in [3.63, 3.8) is 0 Å². The van der Waals surface area contributed by atoms with Gasteiger partial charge in [0, 0.05) is 18.0 Å². The molecular formula is C11H9FN2O. The van der Waals surface area contributed by atoms with E-state index in [9.17, 15) is 9.18 Å². The van der Waals surface area contributed by atoms with Crippen LogP contribution in [0.2, 0.25) is 0 Å². The van der Waals surface area contributed by atoms with Crippen LogP contribution in [0.3, 0.4) is 0 Å². The van der Waals surface area contributed by atoms with Crippen LogP contribution < -0.4 is 11.3 Å². The van der Waals surface area contributed by atoms with E-state index in [4.69, 9.17) is 5.73 Å². The average Bonchev–Trinajstić information content (AvgIpc) is 2.17. The summed E-state index contributed by atoms with van der Waals surface area (Å²) in [5.41, 5.74) is 6.05. The molecular weight excluding hydrogens is 195 g/mol. The zero-order valence-corrected chi connectivity index (χ0v) is 7.85. The molecule has 0 bridgehead atoms. The van der Waals surface area contributed by atoms with E-state index in [1.807, 2.05) is 0 Å². The van der Waals surface area contributed by atoms with Crippen LogP contribution in [0.5, 0.6) is 0 Å². The molecule has 0 amide bonds. The molecule has 2 N–H and O–H groups in total. The SMILES string of the molecule is Nc1ccn(-c2cccc(F)c2)c(=O)c1. The van der Waals surface area contributed by atoms with E-state index in [2.05, 4.69) is 0 Å². The first-order chi connectivity index (χ1) is 7.16. The van der Waals surface area contributed by atoms with Gasteiger partial charge in [-0.3, -0.25) is 9.36 Å². The van der Waals surface area contributed by atoms with Crippen LogP contribution in [0.1, 0.15) is 0 Å². The van der Waals surface area contributed by atoms with Crippen molar-refractivity contribution >= 4 is 5.69 Å². The fourth-order valence-corrected chi connectivity index (χ4v) is 1.33. The standard InChI is InChI=1S/C11H9FN2O/c12-8-2-1-3-10(6-8)14-5-4-9(13)7-11(14)15/h1-7H,13H2. The van der Waals surface area contributed by atoms with Gasteiger partial charge in [-0.1, -0.05) is 6.07 Å². The summed E-state index contributed by atoms with van der Waals surface area (Å²) in [6.45, 7) is 0. The molecule has 0 radical (unpaired) electrons. The van der Waals surface area contributed by atoms with Gasteiger partial charge >= 0.3 is 0 Å². The maximum Gasteiger partial charge on any atom is 0.257 e. The highest BCUT2D eigenvalue weighted by Crippen LogP contribution is 2.08. The summed E-state index contributed by atoms with van der Waals surface area (Å²) >= 11 is 0. The normalized spacial score (nSPS) is 10.2. The van der Waals surface area contributed by atoms with E-state index in [0.29, 0.717) is 11.4 Å². The number of nitrogens with zero attached hydrogens (tertiary/aromatic N) is 1. The number of hydrogen-bond acceptors (Lipinski definition) is 2. The van der Waals surface area contributed by atoms with Crippen LogP contribution in [0.4, 0.5) is 10.1 Å². The van der Waals surface area contributed by atoms with Crippen molar-refractivity contribution in [3.8, 4) is 5.69 Å². The Labute approximate surface area is 85.6 Å². The molecule has 4 heteroatoms.